The van der Waals surface area contributed by atoms with Gasteiger partial charge in [0.1, 0.15) is 33.2 Å². The molecule has 0 aliphatic heterocycles. The second kappa shape index (κ2) is 16.9. The van der Waals surface area contributed by atoms with Gasteiger partial charge >= 0.3 is 24.6 Å². The van der Waals surface area contributed by atoms with E-state index in [4.69, 9.17) is 46.9 Å². The number of pyridine rings is 1. The summed E-state index contributed by atoms with van der Waals surface area (Å²) in [6.07, 6.45) is 3.08. The highest BCUT2D eigenvalue weighted by Gasteiger charge is 2.34. The number of nitrogens with one attached hydrogen (secondary N) is 1. The summed E-state index contributed by atoms with van der Waals surface area (Å²) in [4.78, 5) is 42.0. The number of carbonyl (C=O) groups is 3. The van der Waals surface area contributed by atoms with Crippen molar-refractivity contribution in [2.75, 3.05) is 30.9 Å². The van der Waals surface area contributed by atoms with Crippen LogP contribution in [0, 0.1) is 5.92 Å². The summed E-state index contributed by atoms with van der Waals surface area (Å²) in [5.41, 5.74) is -0.969. The third-order valence-electron chi connectivity index (χ3n) is 7.23. The van der Waals surface area contributed by atoms with Gasteiger partial charge in [-0.15, -0.1) is 0 Å². The maximum absolute atomic E-state index is 13.2. The number of rotatable bonds is 15. The van der Waals surface area contributed by atoms with Gasteiger partial charge in [0.05, 0.1) is 25.5 Å². The molecule has 282 valence electrons. The summed E-state index contributed by atoms with van der Waals surface area (Å²) in [6, 6.07) is 7.56. The molecule has 18 heteroatoms. The molecule has 1 fully saturated rings. The van der Waals surface area contributed by atoms with E-state index >= 15 is 0 Å². The monoisotopic (exact) mass is 789 g/mol. The van der Waals surface area contributed by atoms with E-state index in [-0.39, 0.29) is 57.5 Å². The maximum atomic E-state index is 13.2. The van der Waals surface area contributed by atoms with Crippen LogP contribution in [-0.2, 0) is 35.4 Å². The van der Waals surface area contributed by atoms with Gasteiger partial charge in [0.2, 0.25) is 10.0 Å². The number of hydrogen-bond acceptors (Lipinski definition) is 11. The van der Waals surface area contributed by atoms with Gasteiger partial charge in [-0.25, -0.2) is 27.8 Å². The van der Waals surface area contributed by atoms with Crippen LogP contribution in [0.5, 0.6) is 17.2 Å². The molecule has 1 aromatic heterocycles. The first-order chi connectivity index (χ1) is 24.4. The number of nitrogens with zero attached hydrogens (tertiary/aromatic N) is 1. The molecule has 2 aromatic carbocycles. The highest BCUT2D eigenvalue weighted by molar-refractivity contribution is 7.92. The maximum Gasteiger partial charge on any atom is 0.429 e. The lowest BCUT2D eigenvalue weighted by molar-refractivity contribution is -0.377. The molecule has 4 rings (SSSR count). The first-order valence-electron chi connectivity index (χ1n) is 15.7. The van der Waals surface area contributed by atoms with Gasteiger partial charge in [-0.1, -0.05) is 29.3 Å². The van der Waals surface area contributed by atoms with E-state index < -0.39 is 53.0 Å². The van der Waals surface area contributed by atoms with Crippen LogP contribution in [-0.4, -0.2) is 65.2 Å². The minimum atomic E-state index is -4.30. The average Bonchev–Trinajstić information content (AvgIpc) is 3.87. The summed E-state index contributed by atoms with van der Waals surface area (Å²) in [5.74, 6) is -2.13. The van der Waals surface area contributed by atoms with Crippen LogP contribution >= 0.6 is 23.2 Å². The fourth-order valence-corrected chi connectivity index (χ4v) is 6.04. The predicted molar refractivity (Wildman–Crippen MR) is 184 cm³/mol. The Hall–Kier alpha value is -4.41. The lowest BCUT2D eigenvalue weighted by Crippen LogP contribution is -2.40. The molecule has 0 radical (unpaired) electrons. The molecule has 1 saturated carbocycles. The largest absolute Gasteiger partial charge is 0.495 e. The van der Waals surface area contributed by atoms with Crippen molar-refractivity contribution in [1.82, 2.24) is 0 Å². The van der Waals surface area contributed by atoms with E-state index in [1.807, 2.05) is 0 Å². The van der Waals surface area contributed by atoms with Crippen molar-refractivity contribution in [2.24, 2.45) is 5.92 Å². The highest BCUT2D eigenvalue weighted by Crippen LogP contribution is 2.38. The summed E-state index contributed by atoms with van der Waals surface area (Å²) >= 11 is 12.8. The lowest BCUT2D eigenvalue weighted by atomic mass is 10.0. The third kappa shape index (κ3) is 11.3. The van der Waals surface area contributed by atoms with Crippen molar-refractivity contribution in [3.05, 3.63) is 75.5 Å². The zero-order valence-corrected chi connectivity index (χ0v) is 31.1. The van der Waals surface area contributed by atoms with Gasteiger partial charge < -0.3 is 28.4 Å². The number of alkyl halides is 2. The number of aromatic amines is 1. The van der Waals surface area contributed by atoms with E-state index in [1.54, 1.807) is 20.8 Å². The molecule has 52 heavy (non-hydrogen) atoms. The predicted octanol–water partition coefficient (Wildman–Crippen LogP) is 6.59. The minimum absolute atomic E-state index is 0.000551. The number of methoxy groups -OCH3 is 1. The second-order valence-electron chi connectivity index (χ2n) is 12.6. The number of sulfonamides is 1. The molecule has 13 nitrogen and oxygen atoms in total. The Kier molecular flexibility index (Phi) is 13.2. The molecule has 1 aliphatic carbocycles. The van der Waals surface area contributed by atoms with Crippen LogP contribution in [0.1, 0.15) is 61.2 Å². The molecule has 0 saturated heterocycles. The first kappa shape index (κ1) is 40.4. The highest BCUT2D eigenvalue weighted by atomic mass is 35.5. The molecule has 0 spiro atoms. The number of amides is 1. The molecule has 0 unspecified atom stereocenters. The van der Waals surface area contributed by atoms with Gasteiger partial charge in [-0.05, 0) is 75.4 Å². The smallest absolute Gasteiger partial charge is 0.429 e. The Morgan fingerprint density at radius 1 is 1.00 bits per heavy atom. The van der Waals surface area contributed by atoms with Crippen molar-refractivity contribution >= 4 is 56.9 Å². The van der Waals surface area contributed by atoms with Crippen molar-refractivity contribution in [3.8, 4) is 17.2 Å². The van der Waals surface area contributed by atoms with Gasteiger partial charge in [-0.3, -0.25) is 0 Å². The number of hydrogen-bond donors (Lipinski definition) is 0. The Labute approximate surface area is 309 Å². The fourth-order valence-electron chi connectivity index (χ4n) is 4.70. The summed E-state index contributed by atoms with van der Waals surface area (Å²) in [5, 5.41) is 0.431. The van der Waals surface area contributed by atoms with Crippen molar-refractivity contribution in [3.63, 3.8) is 0 Å². The Bertz CT molecular complexity index is 1880. The van der Waals surface area contributed by atoms with Gasteiger partial charge in [0.25, 0.3) is 0 Å². The SMILES string of the molecule is COc1ccc(C(=O)OCC(=O)O[C@@H](Cc2c(Cl)c[nH+]cc2Cl)c2ccc(OC(F)F)c(OCC3CC3)c2)cc1N(C(=O)OC(C)(C)C)S(C)(=O)=O. The van der Waals surface area contributed by atoms with E-state index in [0.717, 1.165) is 25.2 Å². The number of carbonyl (C=O) groups excluding carboxylic acids is 3. The number of halogens is 4. The van der Waals surface area contributed by atoms with Gasteiger partial charge in [0.15, 0.2) is 30.5 Å². The van der Waals surface area contributed by atoms with Crippen LogP contribution in [0.25, 0.3) is 0 Å². The van der Waals surface area contributed by atoms with Crippen molar-refractivity contribution in [1.29, 1.82) is 0 Å². The summed E-state index contributed by atoms with van der Waals surface area (Å²) in [6.45, 7) is 0.855. The van der Waals surface area contributed by atoms with E-state index in [2.05, 4.69) is 9.72 Å². The lowest BCUT2D eigenvalue weighted by Gasteiger charge is -2.27. The Morgan fingerprint density at radius 3 is 2.23 bits per heavy atom. The number of aromatic nitrogens is 1. The molecule has 0 bridgehead atoms. The Balaban J connectivity index is 1.58. The fraction of sp³-hybridized carbons (Fsp3) is 0.412. The molecule has 3 aromatic rings. The Morgan fingerprint density at radius 2 is 1.65 bits per heavy atom. The average molecular weight is 791 g/mol. The molecule has 1 aliphatic rings. The third-order valence-corrected chi connectivity index (χ3v) is 8.92. The molecular weight excluding hydrogens is 753 g/mol. The molecule has 1 N–H and O–H groups in total. The van der Waals surface area contributed by atoms with Crippen LogP contribution in [0.15, 0.2) is 48.8 Å². The van der Waals surface area contributed by atoms with Crippen LogP contribution in [0.2, 0.25) is 10.0 Å². The number of esters is 2. The number of H-pyrrole nitrogens is 1. The van der Waals surface area contributed by atoms with Gasteiger partial charge in [-0.2, -0.15) is 13.1 Å². The summed E-state index contributed by atoms with van der Waals surface area (Å²) < 4.78 is 83.9. The van der Waals surface area contributed by atoms with E-state index in [9.17, 15) is 31.6 Å². The van der Waals surface area contributed by atoms with Crippen LogP contribution in [0.3, 0.4) is 0 Å². The normalized spacial score (nSPS) is 13.6. The molecule has 1 heterocycles. The standard InChI is InChI=1S/C34H36Cl2F2N2O11S/c1-34(2,3)51-33(43)40(52(5,44)45)25-12-21(9-10-26(25)46-4)31(42)48-18-30(41)49-28(14-22-23(35)15-39-16-24(22)36)20-8-11-27(50-32(37)38)29(13-20)47-17-19-6-7-19/h8-13,15-16,19,28,32H,6-7,14,17-18H2,1-5H3/p+1/t28-/m0/s1. The second-order valence-corrected chi connectivity index (χ2v) is 15.3. The quantitative estimate of drug-likeness (QED) is 0.121. The number of ether oxygens (including phenoxy) is 6. The molecule has 1 atom stereocenters. The van der Waals surface area contributed by atoms with Crippen molar-refractivity contribution in [2.45, 2.75) is 58.4 Å². The van der Waals surface area contributed by atoms with Crippen molar-refractivity contribution < 1.29 is 65.0 Å². The topological polar surface area (TPSA) is 158 Å². The molecule has 1 amide bonds. The zero-order valence-electron chi connectivity index (χ0n) is 28.7. The van der Waals surface area contributed by atoms with Crippen LogP contribution < -0.4 is 23.5 Å². The van der Waals surface area contributed by atoms with E-state index in [1.165, 1.54) is 49.8 Å². The number of anilines is 1. The molecular formula is C34H37Cl2F2N2O11S+. The first-order valence-corrected chi connectivity index (χ1v) is 18.3. The van der Waals surface area contributed by atoms with Gasteiger partial charge in [0, 0.05) is 12.0 Å². The summed E-state index contributed by atoms with van der Waals surface area (Å²) in [7, 11) is -3.07. The number of benzene rings is 2. The van der Waals surface area contributed by atoms with E-state index in [0.29, 0.717) is 15.4 Å². The zero-order chi connectivity index (χ0) is 38.4. The minimum Gasteiger partial charge on any atom is -0.495 e. The van der Waals surface area contributed by atoms with Crippen LogP contribution in [0.4, 0.5) is 19.3 Å².